The maximum atomic E-state index is 12.9. The molecule has 0 saturated carbocycles. The van der Waals surface area contributed by atoms with Gasteiger partial charge >= 0.3 is 6.09 Å². The molecule has 31 heavy (non-hydrogen) atoms. The molecule has 2 fully saturated rings. The summed E-state index contributed by atoms with van der Waals surface area (Å²) in [6.07, 6.45) is 3.84. The number of ether oxygens (including phenoxy) is 2. The summed E-state index contributed by atoms with van der Waals surface area (Å²) in [6.45, 7) is 0.609. The highest BCUT2D eigenvalue weighted by Crippen LogP contribution is 2.44. The molecule has 2 atom stereocenters. The van der Waals surface area contributed by atoms with Crippen molar-refractivity contribution >= 4 is 6.09 Å². The topological polar surface area (TPSA) is 82.8 Å². The second kappa shape index (κ2) is 9.40. The number of hydrogen-bond acceptors (Lipinski definition) is 5. The summed E-state index contributed by atoms with van der Waals surface area (Å²) in [4.78, 5) is 14.7. The zero-order chi connectivity index (χ0) is 21.7. The van der Waals surface area contributed by atoms with Gasteiger partial charge in [0.1, 0.15) is 19.0 Å². The molecule has 0 radical (unpaired) electrons. The summed E-state index contributed by atoms with van der Waals surface area (Å²) in [5.74, 6) is 0.685. The molecule has 0 aromatic heterocycles. The third kappa shape index (κ3) is 4.83. The Labute approximate surface area is 183 Å². The SMILES string of the molecule is N#CCCOc1ccc(C2(O)CC3CCCC(C2)N3C(=O)OCc2ccccc2)cc1. The Morgan fingerprint density at radius 2 is 1.77 bits per heavy atom. The molecule has 1 N–H and O–H groups in total. The van der Waals surface area contributed by atoms with Gasteiger partial charge in [0.05, 0.1) is 18.1 Å². The molecule has 2 unspecified atom stereocenters. The fourth-order valence-electron chi connectivity index (χ4n) is 4.83. The molecular formula is C25H28N2O4. The average molecular weight is 421 g/mol. The van der Waals surface area contributed by atoms with Crippen molar-refractivity contribution in [3.05, 3.63) is 65.7 Å². The van der Waals surface area contributed by atoms with Gasteiger partial charge in [0.15, 0.2) is 0 Å². The minimum absolute atomic E-state index is 0.0349. The van der Waals surface area contributed by atoms with Gasteiger partial charge in [-0.05, 0) is 42.5 Å². The van der Waals surface area contributed by atoms with Gasteiger partial charge in [-0.25, -0.2) is 4.79 Å². The highest BCUT2D eigenvalue weighted by Gasteiger charge is 2.48. The van der Waals surface area contributed by atoms with Gasteiger partial charge in [0.25, 0.3) is 0 Å². The molecule has 2 bridgehead atoms. The summed E-state index contributed by atoms with van der Waals surface area (Å²) in [7, 11) is 0. The molecule has 2 aromatic carbocycles. The highest BCUT2D eigenvalue weighted by atomic mass is 16.6. The molecule has 4 rings (SSSR count). The van der Waals surface area contributed by atoms with Crippen molar-refractivity contribution in [3.8, 4) is 11.8 Å². The zero-order valence-electron chi connectivity index (χ0n) is 17.6. The van der Waals surface area contributed by atoms with Crippen LogP contribution in [0.3, 0.4) is 0 Å². The quantitative estimate of drug-likeness (QED) is 0.695. The van der Waals surface area contributed by atoms with Crippen LogP contribution >= 0.6 is 0 Å². The lowest BCUT2D eigenvalue weighted by Gasteiger charge is -2.51. The van der Waals surface area contributed by atoms with E-state index in [1.54, 1.807) is 0 Å². The molecule has 6 heteroatoms. The van der Waals surface area contributed by atoms with Crippen LogP contribution in [0.5, 0.6) is 5.75 Å². The van der Waals surface area contributed by atoms with E-state index in [0.29, 0.717) is 31.6 Å². The molecule has 2 saturated heterocycles. The van der Waals surface area contributed by atoms with Gasteiger partial charge in [-0.1, -0.05) is 42.5 Å². The molecule has 1 amide bonds. The maximum absolute atomic E-state index is 12.9. The number of piperidine rings is 2. The van der Waals surface area contributed by atoms with Crippen LogP contribution in [0.4, 0.5) is 4.79 Å². The predicted molar refractivity (Wildman–Crippen MR) is 115 cm³/mol. The van der Waals surface area contributed by atoms with Crippen LogP contribution in [0.25, 0.3) is 0 Å². The van der Waals surface area contributed by atoms with Gasteiger partial charge in [-0.3, -0.25) is 0 Å². The second-order valence-corrected chi connectivity index (χ2v) is 8.41. The summed E-state index contributed by atoms with van der Waals surface area (Å²) in [5.41, 5.74) is 0.831. The van der Waals surface area contributed by atoms with Crippen LogP contribution in [0.1, 0.15) is 49.7 Å². The van der Waals surface area contributed by atoms with E-state index in [1.807, 2.05) is 59.5 Å². The van der Waals surface area contributed by atoms with Crippen molar-refractivity contribution in [2.75, 3.05) is 6.61 Å². The van der Waals surface area contributed by atoms with Gasteiger partial charge in [-0.2, -0.15) is 5.26 Å². The Bertz CT molecular complexity index is 909. The van der Waals surface area contributed by atoms with E-state index in [9.17, 15) is 9.90 Å². The molecular weight excluding hydrogens is 392 g/mol. The summed E-state index contributed by atoms with van der Waals surface area (Å²) in [6, 6.07) is 19.1. The predicted octanol–water partition coefficient (Wildman–Crippen LogP) is 4.52. The minimum atomic E-state index is -0.975. The molecule has 6 nitrogen and oxygen atoms in total. The molecule has 0 spiro atoms. The lowest BCUT2D eigenvalue weighted by molar-refractivity contribution is -0.0896. The van der Waals surface area contributed by atoms with E-state index < -0.39 is 5.60 Å². The van der Waals surface area contributed by atoms with E-state index in [0.717, 1.165) is 30.4 Å². The van der Waals surface area contributed by atoms with Gasteiger partial charge in [-0.15, -0.1) is 0 Å². The third-order valence-electron chi connectivity index (χ3n) is 6.30. The number of rotatable bonds is 6. The van der Waals surface area contributed by atoms with Gasteiger partial charge in [0.2, 0.25) is 0 Å². The van der Waals surface area contributed by atoms with Crippen LogP contribution in [0.2, 0.25) is 0 Å². The second-order valence-electron chi connectivity index (χ2n) is 8.41. The molecule has 2 heterocycles. The third-order valence-corrected chi connectivity index (χ3v) is 6.30. The van der Waals surface area contributed by atoms with Crippen LogP contribution in [-0.4, -0.2) is 34.8 Å². The number of carbonyl (C=O) groups is 1. The van der Waals surface area contributed by atoms with Crippen LogP contribution in [0.15, 0.2) is 54.6 Å². The van der Waals surface area contributed by atoms with E-state index >= 15 is 0 Å². The average Bonchev–Trinajstić information content (AvgIpc) is 2.78. The number of amides is 1. The number of aliphatic hydroxyl groups is 1. The molecule has 2 aliphatic rings. The minimum Gasteiger partial charge on any atom is -0.493 e. The summed E-state index contributed by atoms with van der Waals surface area (Å²) in [5, 5.41) is 20.1. The zero-order valence-corrected chi connectivity index (χ0v) is 17.6. The molecule has 162 valence electrons. The first-order valence-corrected chi connectivity index (χ1v) is 10.9. The number of nitrogens with zero attached hydrogens (tertiary/aromatic N) is 2. The van der Waals surface area contributed by atoms with Crippen molar-refractivity contribution in [1.29, 1.82) is 5.26 Å². The first kappa shape index (κ1) is 21.2. The highest BCUT2D eigenvalue weighted by molar-refractivity contribution is 5.69. The van der Waals surface area contributed by atoms with Crippen LogP contribution < -0.4 is 4.74 Å². The van der Waals surface area contributed by atoms with E-state index in [1.165, 1.54) is 0 Å². The largest absolute Gasteiger partial charge is 0.493 e. The summed E-state index contributed by atoms with van der Waals surface area (Å²) >= 11 is 0. The monoisotopic (exact) mass is 420 g/mol. The van der Waals surface area contributed by atoms with Crippen LogP contribution in [-0.2, 0) is 16.9 Å². The maximum Gasteiger partial charge on any atom is 0.410 e. The Balaban J connectivity index is 1.42. The standard InChI is InChI=1S/C25H28N2O4/c26-14-5-15-30-23-12-10-20(11-13-23)25(29)16-21-8-4-9-22(17-25)27(21)24(28)31-18-19-6-2-1-3-7-19/h1-3,6-7,10-13,21-22,29H,4-5,8-9,15-18H2. The lowest BCUT2D eigenvalue weighted by atomic mass is 9.72. The first-order valence-electron chi connectivity index (χ1n) is 10.9. The fourth-order valence-corrected chi connectivity index (χ4v) is 4.83. The molecule has 0 aliphatic carbocycles. The van der Waals surface area contributed by atoms with Gasteiger partial charge in [0, 0.05) is 24.9 Å². The van der Waals surface area contributed by atoms with Crippen molar-refractivity contribution in [3.63, 3.8) is 0 Å². The Kier molecular flexibility index (Phi) is 6.43. The van der Waals surface area contributed by atoms with Crippen LogP contribution in [0, 0.1) is 11.3 Å². The Morgan fingerprint density at radius 1 is 1.10 bits per heavy atom. The Hall–Kier alpha value is -3.04. The normalized spacial score (nSPS) is 24.8. The van der Waals surface area contributed by atoms with Crippen molar-refractivity contribution in [2.24, 2.45) is 0 Å². The Morgan fingerprint density at radius 3 is 2.42 bits per heavy atom. The van der Waals surface area contributed by atoms with Gasteiger partial charge < -0.3 is 19.5 Å². The molecule has 2 aliphatic heterocycles. The molecule has 2 aromatic rings. The number of carbonyl (C=O) groups excluding carboxylic acids is 1. The van der Waals surface area contributed by atoms with E-state index in [4.69, 9.17) is 14.7 Å². The fraction of sp³-hybridized carbons (Fsp3) is 0.440. The smallest absolute Gasteiger partial charge is 0.410 e. The first-order chi connectivity index (χ1) is 15.1. The van der Waals surface area contributed by atoms with Crippen molar-refractivity contribution in [1.82, 2.24) is 4.90 Å². The number of benzene rings is 2. The number of hydrogen-bond donors (Lipinski definition) is 1. The van der Waals surface area contributed by atoms with E-state index in [2.05, 4.69) is 6.07 Å². The van der Waals surface area contributed by atoms with Crippen molar-refractivity contribution in [2.45, 2.75) is 62.8 Å². The van der Waals surface area contributed by atoms with E-state index in [-0.39, 0.29) is 24.8 Å². The summed E-state index contributed by atoms with van der Waals surface area (Å²) < 4.78 is 11.1. The number of nitriles is 1. The lowest BCUT2D eigenvalue weighted by Crippen LogP contribution is -2.58. The van der Waals surface area contributed by atoms with Crippen molar-refractivity contribution < 1.29 is 19.4 Å². The number of fused-ring (bicyclic) bond motifs is 2.